The Hall–Kier alpha value is -2.08. The van der Waals surface area contributed by atoms with Crippen molar-refractivity contribution >= 4 is 27.4 Å². The van der Waals surface area contributed by atoms with Gasteiger partial charge in [-0.15, -0.1) is 0 Å². The number of carbonyl (C=O) groups is 1. The molecule has 1 aromatic heterocycles. The van der Waals surface area contributed by atoms with E-state index in [1.807, 2.05) is 24.3 Å². The van der Waals surface area contributed by atoms with Crippen molar-refractivity contribution in [1.82, 2.24) is 4.98 Å². The number of nitrogen functional groups attached to an aromatic ring is 1. The monoisotopic (exact) mass is 291 g/mol. The summed E-state index contributed by atoms with van der Waals surface area (Å²) < 4.78 is 5.53. The lowest BCUT2D eigenvalue weighted by Gasteiger charge is -2.05. The van der Waals surface area contributed by atoms with Gasteiger partial charge in [-0.3, -0.25) is 4.79 Å². The van der Waals surface area contributed by atoms with Gasteiger partial charge in [-0.1, -0.05) is 18.3 Å². The highest BCUT2D eigenvalue weighted by Gasteiger charge is 2.11. The number of nitrogens with one attached hydrogen (secondary N) is 1. The summed E-state index contributed by atoms with van der Waals surface area (Å²) in [5, 5.41) is 3.73. The number of anilines is 2. The van der Waals surface area contributed by atoms with E-state index < -0.39 is 0 Å². The highest BCUT2D eigenvalue weighted by Crippen LogP contribution is 2.34. The van der Waals surface area contributed by atoms with Crippen molar-refractivity contribution in [2.45, 2.75) is 20.3 Å². The smallest absolute Gasteiger partial charge is 0.223 e. The fourth-order valence-corrected chi connectivity index (χ4v) is 2.47. The fraction of sp³-hybridized carbons (Fsp3) is 0.286. The van der Waals surface area contributed by atoms with Gasteiger partial charge in [-0.2, -0.15) is 0 Å². The lowest BCUT2D eigenvalue weighted by Crippen LogP contribution is -2.04. The van der Waals surface area contributed by atoms with Crippen molar-refractivity contribution < 1.29 is 9.53 Å². The van der Waals surface area contributed by atoms with E-state index in [0.717, 1.165) is 17.7 Å². The van der Waals surface area contributed by atoms with Crippen LogP contribution in [0.1, 0.15) is 20.3 Å². The summed E-state index contributed by atoms with van der Waals surface area (Å²) in [4.78, 5) is 15.3. The number of nitrogens with two attached hydrogens (primary N) is 1. The molecule has 1 aromatic carbocycles. The van der Waals surface area contributed by atoms with Crippen molar-refractivity contribution in [1.29, 1.82) is 0 Å². The van der Waals surface area contributed by atoms with Crippen LogP contribution in [0.15, 0.2) is 24.3 Å². The standard InChI is InChI=1S/C14H17N3O2S/c1-3-8-19-11-6-4-10(5-7-11)12-13(15)20-14(17-12)16-9(2)18/h4-7H,3,8,15H2,1-2H3,(H,16,17,18). The minimum absolute atomic E-state index is 0.159. The number of amides is 1. The quantitative estimate of drug-likeness (QED) is 0.887. The first-order valence-electron chi connectivity index (χ1n) is 6.37. The van der Waals surface area contributed by atoms with E-state index in [0.29, 0.717) is 22.4 Å². The van der Waals surface area contributed by atoms with Crippen molar-refractivity contribution in [3.63, 3.8) is 0 Å². The number of nitrogens with zero attached hydrogens (tertiary/aromatic N) is 1. The van der Waals surface area contributed by atoms with Crippen LogP contribution in [0.2, 0.25) is 0 Å². The molecule has 20 heavy (non-hydrogen) atoms. The molecule has 0 radical (unpaired) electrons. The predicted molar refractivity (Wildman–Crippen MR) is 82.1 cm³/mol. The van der Waals surface area contributed by atoms with E-state index in [1.165, 1.54) is 18.3 Å². The Morgan fingerprint density at radius 2 is 2.10 bits per heavy atom. The maximum atomic E-state index is 11.0. The zero-order valence-corrected chi connectivity index (χ0v) is 12.3. The van der Waals surface area contributed by atoms with E-state index in [9.17, 15) is 4.79 Å². The number of hydrogen-bond acceptors (Lipinski definition) is 5. The van der Waals surface area contributed by atoms with Crippen LogP contribution >= 0.6 is 11.3 Å². The van der Waals surface area contributed by atoms with Crippen molar-refractivity contribution in [2.75, 3.05) is 17.7 Å². The van der Waals surface area contributed by atoms with E-state index in [2.05, 4.69) is 17.2 Å². The second-order valence-corrected chi connectivity index (χ2v) is 5.32. The van der Waals surface area contributed by atoms with Gasteiger partial charge in [-0.25, -0.2) is 4.98 Å². The van der Waals surface area contributed by atoms with Gasteiger partial charge in [0.1, 0.15) is 16.4 Å². The van der Waals surface area contributed by atoms with Crippen LogP contribution in [0.25, 0.3) is 11.3 Å². The molecule has 106 valence electrons. The summed E-state index contributed by atoms with van der Waals surface area (Å²) in [6.45, 7) is 4.20. The van der Waals surface area contributed by atoms with Crippen molar-refractivity contribution in [3.05, 3.63) is 24.3 Å². The Kier molecular flexibility index (Phi) is 4.57. The Labute approximate surface area is 121 Å². The molecule has 0 fully saturated rings. The van der Waals surface area contributed by atoms with Gasteiger partial charge in [0.25, 0.3) is 0 Å². The number of aromatic nitrogens is 1. The van der Waals surface area contributed by atoms with Gasteiger partial charge in [0, 0.05) is 12.5 Å². The number of thiazole rings is 1. The molecule has 0 bridgehead atoms. The molecule has 0 spiro atoms. The van der Waals surface area contributed by atoms with Gasteiger partial charge in [-0.05, 0) is 30.7 Å². The fourth-order valence-electron chi connectivity index (χ4n) is 1.67. The molecule has 0 atom stereocenters. The average Bonchev–Trinajstić information content (AvgIpc) is 2.77. The van der Waals surface area contributed by atoms with Gasteiger partial charge in [0.2, 0.25) is 5.91 Å². The zero-order chi connectivity index (χ0) is 14.5. The van der Waals surface area contributed by atoms with Crippen LogP contribution in [-0.4, -0.2) is 17.5 Å². The highest BCUT2D eigenvalue weighted by atomic mass is 32.1. The average molecular weight is 291 g/mol. The molecule has 3 N–H and O–H groups in total. The first-order chi connectivity index (χ1) is 9.60. The van der Waals surface area contributed by atoms with Crippen LogP contribution in [0.3, 0.4) is 0 Å². The Morgan fingerprint density at radius 1 is 1.40 bits per heavy atom. The Bertz CT molecular complexity index is 593. The molecule has 2 aromatic rings. The largest absolute Gasteiger partial charge is 0.494 e. The van der Waals surface area contributed by atoms with E-state index in [4.69, 9.17) is 10.5 Å². The predicted octanol–water partition coefficient (Wildman–Crippen LogP) is 3.14. The van der Waals surface area contributed by atoms with E-state index in [-0.39, 0.29) is 5.91 Å². The van der Waals surface area contributed by atoms with Crippen LogP contribution < -0.4 is 15.8 Å². The van der Waals surface area contributed by atoms with Crippen LogP contribution in [0, 0.1) is 0 Å². The third kappa shape index (κ3) is 3.48. The van der Waals surface area contributed by atoms with Gasteiger partial charge in [0.05, 0.1) is 6.61 Å². The maximum absolute atomic E-state index is 11.0. The normalized spacial score (nSPS) is 10.3. The maximum Gasteiger partial charge on any atom is 0.223 e. The topological polar surface area (TPSA) is 77.2 Å². The second kappa shape index (κ2) is 6.38. The number of benzene rings is 1. The highest BCUT2D eigenvalue weighted by molar-refractivity contribution is 7.20. The molecule has 0 unspecified atom stereocenters. The SMILES string of the molecule is CCCOc1ccc(-c2nc(NC(C)=O)sc2N)cc1. The van der Waals surface area contributed by atoms with Crippen LogP contribution in [-0.2, 0) is 4.79 Å². The third-order valence-corrected chi connectivity index (χ3v) is 3.34. The van der Waals surface area contributed by atoms with Gasteiger partial charge in [0.15, 0.2) is 5.13 Å². The summed E-state index contributed by atoms with van der Waals surface area (Å²) >= 11 is 1.26. The summed E-state index contributed by atoms with van der Waals surface area (Å²) in [5.74, 6) is 0.667. The Morgan fingerprint density at radius 3 is 2.70 bits per heavy atom. The summed E-state index contributed by atoms with van der Waals surface area (Å²) in [6, 6.07) is 7.60. The molecule has 0 aliphatic heterocycles. The summed E-state index contributed by atoms with van der Waals surface area (Å²) in [5.41, 5.74) is 7.52. The van der Waals surface area contributed by atoms with Crippen LogP contribution in [0.4, 0.5) is 10.1 Å². The number of hydrogen-bond donors (Lipinski definition) is 2. The number of rotatable bonds is 5. The number of carbonyl (C=O) groups excluding carboxylic acids is 1. The molecular formula is C14H17N3O2S. The molecule has 0 saturated heterocycles. The molecular weight excluding hydrogens is 274 g/mol. The second-order valence-electron chi connectivity index (χ2n) is 4.29. The molecule has 1 heterocycles. The molecule has 2 rings (SSSR count). The summed E-state index contributed by atoms with van der Waals surface area (Å²) in [6.07, 6.45) is 0.973. The summed E-state index contributed by atoms with van der Waals surface area (Å²) in [7, 11) is 0. The lowest BCUT2D eigenvalue weighted by atomic mass is 10.1. The molecule has 1 amide bonds. The molecule has 0 aliphatic carbocycles. The van der Waals surface area contributed by atoms with Crippen molar-refractivity contribution in [3.8, 4) is 17.0 Å². The van der Waals surface area contributed by atoms with Crippen LogP contribution in [0.5, 0.6) is 5.75 Å². The van der Waals surface area contributed by atoms with E-state index in [1.54, 1.807) is 0 Å². The minimum Gasteiger partial charge on any atom is -0.494 e. The molecule has 6 heteroatoms. The lowest BCUT2D eigenvalue weighted by molar-refractivity contribution is -0.114. The molecule has 0 saturated carbocycles. The molecule has 5 nitrogen and oxygen atoms in total. The number of ether oxygens (including phenoxy) is 1. The minimum atomic E-state index is -0.159. The Balaban J connectivity index is 2.18. The third-order valence-electron chi connectivity index (χ3n) is 2.54. The van der Waals surface area contributed by atoms with Gasteiger partial charge >= 0.3 is 0 Å². The first-order valence-corrected chi connectivity index (χ1v) is 7.19. The van der Waals surface area contributed by atoms with E-state index >= 15 is 0 Å². The zero-order valence-electron chi connectivity index (χ0n) is 11.5. The van der Waals surface area contributed by atoms with Gasteiger partial charge < -0.3 is 15.8 Å². The molecule has 0 aliphatic rings. The first kappa shape index (κ1) is 14.3. The van der Waals surface area contributed by atoms with Crippen molar-refractivity contribution in [2.24, 2.45) is 0 Å².